The molecule has 3 aromatic carbocycles. The van der Waals surface area contributed by atoms with Crippen molar-refractivity contribution < 1.29 is 4.79 Å². The molecule has 1 saturated carbocycles. The largest absolute Gasteiger partial charge is 0.351 e. The van der Waals surface area contributed by atoms with Gasteiger partial charge in [0.15, 0.2) is 0 Å². The van der Waals surface area contributed by atoms with Gasteiger partial charge in [-0.05, 0) is 52.6 Å². The van der Waals surface area contributed by atoms with E-state index in [0.29, 0.717) is 12.5 Å². The molecule has 1 saturated heterocycles. The third-order valence-corrected chi connectivity index (χ3v) is 6.59. The Labute approximate surface area is 166 Å². The Hall–Kier alpha value is -2.65. The van der Waals surface area contributed by atoms with Gasteiger partial charge in [-0.1, -0.05) is 60.7 Å². The van der Waals surface area contributed by atoms with Crippen LogP contribution in [0.3, 0.4) is 0 Å². The summed E-state index contributed by atoms with van der Waals surface area (Å²) in [6, 6.07) is 25.1. The van der Waals surface area contributed by atoms with Crippen molar-refractivity contribution in [2.24, 2.45) is 11.8 Å². The van der Waals surface area contributed by atoms with Gasteiger partial charge in [-0.25, -0.2) is 0 Å². The van der Waals surface area contributed by atoms with E-state index in [0.717, 1.165) is 30.5 Å². The Morgan fingerprint density at radius 3 is 2.57 bits per heavy atom. The summed E-state index contributed by atoms with van der Waals surface area (Å²) in [4.78, 5) is 14.7. The lowest BCUT2D eigenvalue weighted by molar-refractivity contribution is 0.0949. The van der Waals surface area contributed by atoms with Gasteiger partial charge < -0.3 is 10.2 Å². The first kappa shape index (κ1) is 17.4. The average Bonchev–Trinajstić information content (AvgIpc) is 3.04. The van der Waals surface area contributed by atoms with Crippen LogP contribution < -0.4 is 5.32 Å². The summed E-state index contributed by atoms with van der Waals surface area (Å²) in [7, 11) is 0. The van der Waals surface area contributed by atoms with Crippen molar-refractivity contribution in [1.29, 1.82) is 0 Å². The zero-order chi connectivity index (χ0) is 18.9. The smallest absolute Gasteiger partial charge is 0.251 e. The van der Waals surface area contributed by atoms with E-state index in [9.17, 15) is 4.79 Å². The first-order chi connectivity index (χ1) is 13.8. The Kier molecular flexibility index (Phi) is 4.61. The number of likely N-dealkylation sites (tertiary alicyclic amines) is 1. The Morgan fingerprint density at radius 2 is 1.71 bits per heavy atom. The van der Waals surface area contributed by atoms with Crippen LogP contribution in [-0.2, 0) is 0 Å². The van der Waals surface area contributed by atoms with Crippen molar-refractivity contribution in [3.63, 3.8) is 0 Å². The van der Waals surface area contributed by atoms with Crippen LogP contribution in [0.5, 0.6) is 0 Å². The number of nitrogens with one attached hydrogen (secondary N) is 1. The zero-order valence-corrected chi connectivity index (χ0v) is 16.1. The molecular weight excluding hydrogens is 344 g/mol. The van der Waals surface area contributed by atoms with Crippen molar-refractivity contribution in [2.45, 2.75) is 12.3 Å². The Morgan fingerprint density at radius 1 is 0.929 bits per heavy atom. The van der Waals surface area contributed by atoms with Crippen molar-refractivity contribution in [2.75, 3.05) is 26.2 Å². The van der Waals surface area contributed by atoms with Gasteiger partial charge in [0.05, 0.1) is 0 Å². The molecule has 5 rings (SSSR count). The number of hydrogen-bond acceptors (Lipinski definition) is 2. The molecule has 3 unspecified atom stereocenters. The molecule has 1 amide bonds. The number of carbonyl (C=O) groups excluding carboxylic acids is 1. The zero-order valence-electron chi connectivity index (χ0n) is 16.1. The van der Waals surface area contributed by atoms with Crippen LogP contribution in [0.15, 0.2) is 72.8 Å². The van der Waals surface area contributed by atoms with Gasteiger partial charge in [0.2, 0.25) is 0 Å². The van der Waals surface area contributed by atoms with Crippen LogP contribution in [-0.4, -0.2) is 37.0 Å². The van der Waals surface area contributed by atoms with Gasteiger partial charge in [-0.15, -0.1) is 0 Å². The lowest BCUT2D eigenvalue weighted by atomic mass is 9.64. The van der Waals surface area contributed by atoms with E-state index in [1.807, 2.05) is 30.3 Å². The van der Waals surface area contributed by atoms with Crippen molar-refractivity contribution in [3.05, 3.63) is 83.9 Å². The Balaban J connectivity index is 1.15. The van der Waals surface area contributed by atoms with Crippen LogP contribution >= 0.6 is 0 Å². The van der Waals surface area contributed by atoms with Crippen LogP contribution in [0.25, 0.3) is 10.8 Å². The maximum absolute atomic E-state index is 12.2. The van der Waals surface area contributed by atoms with E-state index < -0.39 is 0 Å². The third-order valence-electron chi connectivity index (χ3n) is 6.59. The number of amides is 1. The molecule has 0 spiro atoms. The maximum atomic E-state index is 12.2. The molecule has 2 aliphatic rings. The molecule has 1 aliphatic heterocycles. The van der Waals surface area contributed by atoms with E-state index in [-0.39, 0.29) is 5.91 Å². The Bertz CT molecular complexity index is 984. The molecule has 28 heavy (non-hydrogen) atoms. The van der Waals surface area contributed by atoms with E-state index in [4.69, 9.17) is 0 Å². The molecule has 0 aromatic heterocycles. The number of nitrogens with zero attached hydrogens (tertiary/aromatic N) is 1. The number of fused-ring (bicyclic) bond motifs is 2. The van der Waals surface area contributed by atoms with Crippen molar-refractivity contribution in [1.82, 2.24) is 10.2 Å². The highest BCUT2D eigenvalue weighted by atomic mass is 16.1. The normalized spacial score (nSPS) is 23.9. The van der Waals surface area contributed by atoms with Crippen LogP contribution in [0, 0.1) is 11.8 Å². The summed E-state index contributed by atoms with van der Waals surface area (Å²) >= 11 is 0. The summed E-state index contributed by atoms with van der Waals surface area (Å²) in [5, 5.41) is 5.73. The first-order valence-corrected chi connectivity index (χ1v) is 10.3. The van der Waals surface area contributed by atoms with Gasteiger partial charge in [0.1, 0.15) is 0 Å². The highest BCUT2D eigenvalue weighted by Crippen LogP contribution is 2.51. The second-order valence-electron chi connectivity index (χ2n) is 8.25. The van der Waals surface area contributed by atoms with E-state index in [1.165, 1.54) is 29.3 Å². The van der Waals surface area contributed by atoms with E-state index in [1.54, 1.807) is 0 Å². The van der Waals surface area contributed by atoms with Crippen molar-refractivity contribution >= 4 is 16.7 Å². The molecule has 1 aliphatic carbocycles. The lowest BCUT2D eigenvalue weighted by Gasteiger charge is -2.40. The summed E-state index contributed by atoms with van der Waals surface area (Å²) in [5.41, 5.74) is 2.24. The molecule has 2 fully saturated rings. The quantitative estimate of drug-likeness (QED) is 0.726. The highest BCUT2D eigenvalue weighted by molar-refractivity contribution is 5.94. The van der Waals surface area contributed by atoms with Crippen LogP contribution in [0.2, 0.25) is 0 Å². The number of hydrogen-bond donors (Lipinski definition) is 1. The minimum absolute atomic E-state index is 0.0248. The topological polar surface area (TPSA) is 32.3 Å². The molecule has 3 aromatic rings. The highest BCUT2D eigenvalue weighted by Gasteiger charge is 2.47. The average molecular weight is 370 g/mol. The second kappa shape index (κ2) is 7.40. The van der Waals surface area contributed by atoms with Gasteiger partial charge in [-0.3, -0.25) is 4.79 Å². The molecule has 0 bridgehead atoms. The van der Waals surface area contributed by atoms with Crippen LogP contribution in [0.4, 0.5) is 0 Å². The molecular formula is C25H26N2O. The van der Waals surface area contributed by atoms with E-state index >= 15 is 0 Å². The lowest BCUT2D eigenvalue weighted by Crippen LogP contribution is -2.34. The maximum Gasteiger partial charge on any atom is 0.251 e. The van der Waals surface area contributed by atoms with E-state index in [2.05, 4.69) is 52.7 Å². The fourth-order valence-corrected chi connectivity index (χ4v) is 5.02. The number of carbonyl (C=O) groups is 1. The summed E-state index contributed by atoms with van der Waals surface area (Å²) in [6.45, 7) is 3.99. The molecule has 0 radical (unpaired) electrons. The number of rotatable bonds is 5. The summed E-state index contributed by atoms with van der Waals surface area (Å²) in [6.07, 6.45) is 1.30. The second-order valence-corrected chi connectivity index (χ2v) is 8.25. The monoisotopic (exact) mass is 370 g/mol. The summed E-state index contributed by atoms with van der Waals surface area (Å²) < 4.78 is 0. The fraction of sp³-hybridized carbons (Fsp3) is 0.320. The van der Waals surface area contributed by atoms with Crippen molar-refractivity contribution in [3.8, 4) is 0 Å². The minimum atomic E-state index is 0.0248. The SMILES string of the molecule is O=C(NCCN1CC2CC(c3ccc4ccccc4c3)C2C1)c1ccccc1. The first-order valence-electron chi connectivity index (χ1n) is 10.3. The van der Waals surface area contributed by atoms with Gasteiger partial charge >= 0.3 is 0 Å². The van der Waals surface area contributed by atoms with Gasteiger partial charge in [0.25, 0.3) is 5.91 Å². The molecule has 3 heteroatoms. The third kappa shape index (κ3) is 3.31. The minimum Gasteiger partial charge on any atom is -0.351 e. The molecule has 1 N–H and O–H groups in total. The molecule has 142 valence electrons. The predicted octanol–water partition coefficient (Wildman–Crippen LogP) is 4.31. The fourth-order valence-electron chi connectivity index (χ4n) is 5.02. The predicted molar refractivity (Wildman–Crippen MR) is 114 cm³/mol. The summed E-state index contributed by atoms with van der Waals surface area (Å²) in [5.74, 6) is 2.31. The van der Waals surface area contributed by atoms with Gasteiger partial charge in [-0.2, -0.15) is 0 Å². The van der Waals surface area contributed by atoms with Gasteiger partial charge in [0, 0.05) is 31.7 Å². The van der Waals surface area contributed by atoms with Crippen LogP contribution in [0.1, 0.15) is 28.3 Å². The molecule has 3 atom stereocenters. The standard InChI is InChI=1S/C25H26N2O/c28-25(19-7-2-1-3-8-19)26-12-13-27-16-22-15-23(24(22)17-27)21-11-10-18-6-4-5-9-20(18)14-21/h1-11,14,22-24H,12-13,15-17H2,(H,26,28). The number of benzene rings is 3. The molecule has 1 heterocycles. The molecule has 3 nitrogen and oxygen atoms in total.